The Morgan fingerprint density at radius 1 is 1.29 bits per heavy atom. The number of thiophene rings is 1. The standard InChI is InChI=1S/C10H17Cl.C8H10O2S.C2H6/c1-2-3-4-5-9-6-7-10(11)8-9;1-2-3-6-4-5-7(11-6)8(9)10;1-2/h4-5,9-10H,2-3,6-8H2,1H3;4-5H,2-3H2,1H3,(H,9,10);1-2H3/b5-4+;;/t9?,10-;;/m1../s1. The van der Waals surface area contributed by atoms with Gasteiger partial charge in [0.2, 0.25) is 0 Å². The number of carboxylic acid groups (broad SMARTS) is 1. The Morgan fingerprint density at radius 3 is 2.46 bits per heavy atom. The first-order valence-corrected chi connectivity index (χ1v) is 10.4. The Balaban J connectivity index is 0.000000400. The molecule has 1 heterocycles. The summed E-state index contributed by atoms with van der Waals surface area (Å²) in [6, 6.07) is 3.55. The molecule has 0 amide bonds. The van der Waals surface area contributed by atoms with E-state index in [9.17, 15) is 4.79 Å². The highest BCUT2D eigenvalue weighted by Gasteiger charge is 2.19. The van der Waals surface area contributed by atoms with E-state index in [1.54, 1.807) is 6.07 Å². The lowest BCUT2D eigenvalue weighted by Crippen LogP contribution is -1.90. The number of hydrogen-bond acceptors (Lipinski definition) is 2. The number of unbranched alkanes of at least 4 members (excludes halogenated alkanes) is 1. The Labute approximate surface area is 156 Å². The van der Waals surface area contributed by atoms with Crippen molar-refractivity contribution in [1.82, 2.24) is 0 Å². The van der Waals surface area contributed by atoms with Gasteiger partial charge in [0, 0.05) is 10.3 Å². The second-order valence-electron chi connectivity index (χ2n) is 5.71. The van der Waals surface area contributed by atoms with E-state index in [0.29, 0.717) is 10.3 Å². The van der Waals surface area contributed by atoms with E-state index >= 15 is 0 Å². The molecule has 0 aliphatic heterocycles. The summed E-state index contributed by atoms with van der Waals surface area (Å²) in [6.07, 6.45) is 12.9. The van der Waals surface area contributed by atoms with Crippen molar-refractivity contribution in [2.45, 2.75) is 78.0 Å². The molecule has 1 aliphatic carbocycles. The molecule has 1 unspecified atom stereocenters. The van der Waals surface area contributed by atoms with Crippen LogP contribution in [0.5, 0.6) is 0 Å². The quantitative estimate of drug-likeness (QED) is 0.424. The van der Waals surface area contributed by atoms with Crippen molar-refractivity contribution < 1.29 is 9.90 Å². The summed E-state index contributed by atoms with van der Waals surface area (Å²) in [5.41, 5.74) is 0. The summed E-state index contributed by atoms with van der Waals surface area (Å²) in [5.74, 6) is -0.0404. The van der Waals surface area contributed by atoms with Crippen molar-refractivity contribution in [2.24, 2.45) is 5.92 Å². The van der Waals surface area contributed by atoms with Gasteiger partial charge in [0.15, 0.2) is 0 Å². The summed E-state index contributed by atoms with van der Waals surface area (Å²) in [6.45, 7) is 8.30. The smallest absolute Gasteiger partial charge is 0.345 e. The molecule has 1 aliphatic rings. The fraction of sp³-hybridized carbons (Fsp3) is 0.650. The van der Waals surface area contributed by atoms with E-state index in [1.807, 2.05) is 19.9 Å². The van der Waals surface area contributed by atoms with Gasteiger partial charge >= 0.3 is 5.97 Å². The molecular formula is C20H33ClO2S. The summed E-state index contributed by atoms with van der Waals surface area (Å²) in [5, 5.41) is 9.03. The first-order valence-electron chi connectivity index (χ1n) is 9.19. The zero-order chi connectivity index (χ0) is 18.4. The molecule has 1 saturated carbocycles. The molecule has 138 valence electrons. The molecule has 1 fully saturated rings. The lowest BCUT2D eigenvalue weighted by molar-refractivity contribution is 0.0702. The monoisotopic (exact) mass is 372 g/mol. The highest BCUT2D eigenvalue weighted by atomic mass is 35.5. The lowest BCUT2D eigenvalue weighted by Gasteiger charge is -1.99. The summed E-state index contributed by atoms with van der Waals surface area (Å²) >= 11 is 7.35. The van der Waals surface area contributed by atoms with Crippen LogP contribution in [0.4, 0.5) is 0 Å². The molecule has 0 saturated heterocycles. The average molecular weight is 373 g/mol. The van der Waals surface area contributed by atoms with Crippen molar-refractivity contribution in [3.05, 3.63) is 34.0 Å². The molecule has 1 aromatic rings. The van der Waals surface area contributed by atoms with E-state index in [2.05, 4.69) is 26.0 Å². The van der Waals surface area contributed by atoms with Crippen molar-refractivity contribution in [3.63, 3.8) is 0 Å². The van der Waals surface area contributed by atoms with Crippen LogP contribution in [0.2, 0.25) is 0 Å². The van der Waals surface area contributed by atoms with Crippen LogP contribution in [0.1, 0.15) is 80.8 Å². The molecule has 4 heteroatoms. The van der Waals surface area contributed by atoms with E-state index in [-0.39, 0.29) is 0 Å². The number of rotatable bonds is 6. The SMILES string of the molecule is CC.CCC/C=C/C1CC[C@@H](Cl)C1.CCCc1ccc(C(=O)O)s1. The van der Waals surface area contributed by atoms with Gasteiger partial charge < -0.3 is 5.11 Å². The van der Waals surface area contributed by atoms with E-state index in [1.165, 1.54) is 43.4 Å². The van der Waals surface area contributed by atoms with E-state index in [0.717, 1.165) is 23.6 Å². The minimum Gasteiger partial charge on any atom is -0.477 e. The normalized spacial score (nSPS) is 19.4. The molecule has 24 heavy (non-hydrogen) atoms. The fourth-order valence-corrected chi connectivity index (χ4v) is 3.77. The number of allylic oxidation sites excluding steroid dienone is 2. The Kier molecular flexibility index (Phi) is 14.1. The maximum Gasteiger partial charge on any atom is 0.345 e. The van der Waals surface area contributed by atoms with E-state index < -0.39 is 5.97 Å². The lowest BCUT2D eigenvalue weighted by atomic mass is 10.1. The number of alkyl halides is 1. The first-order chi connectivity index (χ1) is 11.6. The molecule has 2 atom stereocenters. The minimum absolute atomic E-state index is 0.438. The van der Waals surface area contributed by atoms with Crippen molar-refractivity contribution in [3.8, 4) is 0 Å². The number of aromatic carboxylic acids is 1. The van der Waals surface area contributed by atoms with E-state index in [4.69, 9.17) is 16.7 Å². The summed E-state index contributed by atoms with van der Waals surface area (Å²) < 4.78 is 0. The number of halogens is 1. The van der Waals surface area contributed by atoms with Crippen molar-refractivity contribution in [1.29, 1.82) is 0 Å². The topological polar surface area (TPSA) is 37.3 Å². The third-order valence-electron chi connectivity index (χ3n) is 3.64. The second-order valence-corrected chi connectivity index (χ2v) is 7.49. The van der Waals surface area contributed by atoms with Gasteiger partial charge in [-0.2, -0.15) is 0 Å². The van der Waals surface area contributed by atoms with Crippen LogP contribution in [-0.2, 0) is 6.42 Å². The predicted octanol–water partition coefficient (Wildman–Crippen LogP) is 7.18. The third kappa shape index (κ3) is 10.1. The number of carbonyl (C=O) groups is 1. The van der Waals surface area contributed by atoms with Gasteiger partial charge in [-0.3, -0.25) is 0 Å². The Morgan fingerprint density at radius 2 is 2.00 bits per heavy atom. The largest absolute Gasteiger partial charge is 0.477 e. The van der Waals surface area contributed by atoms with Crippen molar-refractivity contribution >= 4 is 28.9 Å². The van der Waals surface area contributed by atoms with Gasteiger partial charge in [-0.1, -0.05) is 52.7 Å². The Bertz CT molecular complexity index is 468. The third-order valence-corrected chi connectivity index (χ3v) is 5.17. The molecule has 0 spiro atoms. The summed E-state index contributed by atoms with van der Waals surface area (Å²) in [4.78, 5) is 12.0. The molecule has 0 radical (unpaired) electrons. The van der Waals surface area contributed by atoms with Crippen LogP contribution in [0.3, 0.4) is 0 Å². The number of aryl methyl sites for hydroxylation is 1. The number of hydrogen-bond donors (Lipinski definition) is 1. The molecule has 0 aromatic carbocycles. The van der Waals surface area contributed by atoms with Gasteiger partial charge in [-0.25, -0.2) is 4.79 Å². The van der Waals surface area contributed by atoms with Crippen LogP contribution in [-0.4, -0.2) is 16.5 Å². The van der Waals surface area contributed by atoms with Crippen LogP contribution in [0.25, 0.3) is 0 Å². The fourth-order valence-electron chi connectivity index (χ4n) is 2.46. The summed E-state index contributed by atoms with van der Waals surface area (Å²) in [7, 11) is 0. The highest BCUT2D eigenvalue weighted by Crippen LogP contribution is 2.30. The molecule has 2 rings (SSSR count). The predicted molar refractivity (Wildman–Crippen MR) is 108 cm³/mol. The van der Waals surface area contributed by atoms with Crippen LogP contribution in [0.15, 0.2) is 24.3 Å². The van der Waals surface area contributed by atoms with Crippen LogP contribution >= 0.6 is 22.9 Å². The molecular weight excluding hydrogens is 340 g/mol. The van der Waals surface area contributed by atoms with Gasteiger partial charge in [-0.05, 0) is 50.2 Å². The minimum atomic E-state index is -0.822. The maximum atomic E-state index is 10.4. The molecule has 1 aromatic heterocycles. The number of carboxylic acids is 1. The molecule has 1 N–H and O–H groups in total. The van der Waals surface area contributed by atoms with Crippen LogP contribution < -0.4 is 0 Å². The Hall–Kier alpha value is -0.800. The van der Waals surface area contributed by atoms with Gasteiger partial charge in [-0.15, -0.1) is 22.9 Å². The molecule has 0 bridgehead atoms. The van der Waals surface area contributed by atoms with Crippen molar-refractivity contribution in [2.75, 3.05) is 0 Å². The average Bonchev–Trinajstić information content (AvgIpc) is 3.20. The second kappa shape index (κ2) is 14.5. The molecule has 2 nitrogen and oxygen atoms in total. The first kappa shape index (κ1) is 23.2. The zero-order valence-corrected chi connectivity index (χ0v) is 17.1. The zero-order valence-electron chi connectivity index (χ0n) is 15.6. The van der Waals surface area contributed by atoms with Crippen LogP contribution in [0, 0.1) is 5.92 Å². The van der Waals surface area contributed by atoms with Gasteiger partial charge in [0.1, 0.15) is 4.88 Å². The highest BCUT2D eigenvalue weighted by molar-refractivity contribution is 7.13. The van der Waals surface area contributed by atoms with Gasteiger partial charge in [0.25, 0.3) is 0 Å². The van der Waals surface area contributed by atoms with Gasteiger partial charge in [0.05, 0.1) is 0 Å². The maximum absolute atomic E-state index is 10.4.